The van der Waals surface area contributed by atoms with Crippen molar-refractivity contribution in [3.8, 4) is 0 Å². The molecule has 4 rings (SSSR count). The van der Waals surface area contributed by atoms with E-state index in [-0.39, 0.29) is 5.91 Å². The number of nitrogens with zero attached hydrogens (tertiary/aromatic N) is 2. The Morgan fingerprint density at radius 2 is 2.40 bits per heavy atom. The number of pyridine rings is 1. The molecule has 4 unspecified atom stereocenters. The van der Waals surface area contributed by atoms with Crippen molar-refractivity contribution >= 4 is 27.5 Å². The molecule has 0 aromatic carbocycles. The Morgan fingerprint density at radius 3 is 3.10 bits per heavy atom. The Kier molecular flexibility index (Phi) is 2.79. The highest BCUT2D eigenvalue weighted by atomic mass is 32.1. The van der Waals surface area contributed by atoms with Gasteiger partial charge in [0, 0.05) is 36.8 Å². The SMILES string of the molecule is CC1CC2CN1CC2NC(=O)c1cc2cccnc2s1. The molecular weight excluding hydrogens is 270 g/mol. The van der Waals surface area contributed by atoms with Crippen LogP contribution >= 0.6 is 11.3 Å². The molecule has 104 valence electrons. The van der Waals surface area contributed by atoms with Crippen LogP contribution in [0, 0.1) is 5.92 Å². The second-order valence-corrected chi connectivity index (χ2v) is 6.92. The number of hydrogen-bond acceptors (Lipinski definition) is 4. The van der Waals surface area contributed by atoms with E-state index in [0.29, 0.717) is 18.0 Å². The Morgan fingerprint density at radius 1 is 1.50 bits per heavy atom. The van der Waals surface area contributed by atoms with Gasteiger partial charge in [-0.3, -0.25) is 9.69 Å². The quantitative estimate of drug-likeness (QED) is 0.920. The number of aromatic nitrogens is 1. The second kappa shape index (κ2) is 4.53. The van der Waals surface area contributed by atoms with Gasteiger partial charge in [-0.2, -0.15) is 0 Å². The lowest BCUT2D eigenvalue weighted by atomic mass is 9.96. The average molecular weight is 287 g/mol. The molecule has 0 aliphatic carbocycles. The summed E-state index contributed by atoms with van der Waals surface area (Å²) < 4.78 is 0. The van der Waals surface area contributed by atoms with Crippen LogP contribution in [0.3, 0.4) is 0 Å². The molecule has 5 heteroatoms. The highest BCUT2D eigenvalue weighted by molar-refractivity contribution is 7.20. The maximum atomic E-state index is 12.4. The molecular formula is C15H17N3OS. The van der Waals surface area contributed by atoms with Crippen LogP contribution in [0.1, 0.15) is 23.0 Å². The molecule has 1 amide bonds. The van der Waals surface area contributed by atoms with Crippen LogP contribution in [0.2, 0.25) is 0 Å². The van der Waals surface area contributed by atoms with Crippen LogP contribution in [0.25, 0.3) is 10.2 Å². The first-order valence-electron chi connectivity index (χ1n) is 7.10. The lowest BCUT2D eigenvalue weighted by molar-refractivity contribution is 0.0923. The maximum Gasteiger partial charge on any atom is 0.261 e. The van der Waals surface area contributed by atoms with E-state index >= 15 is 0 Å². The minimum atomic E-state index is 0.0550. The zero-order valence-corrected chi connectivity index (χ0v) is 12.2. The molecule has 4 nitrogen and oxygen atoms in total. The molecule has 2 aliphatic heterocycles. The fraction of sp³-hybridized carbons (Fsp3) is 0.467. The molecule has 0 radical (unpaired) electrons. The first-order chi connectivity index (χ1) is 9.70. The van der Waals surface area contributed by atoms with Gasteiger partial charge in [0.1, 0.15) is 4.83 Å². The summed E-state index contributed by atoms with van der Waals surface area (Å²) in [6.45, 7) is 4.41. The Bertz CT molecular complexity index is 633. The minimum absolute atomic E-state index is 0.0550. The first kappa shape index (κ1) is 12.3. The zero-order valence-electron chi connectivity index (χ0n) is 11.4. The van der Waals surface area contributed by atoms with Crippen LogP contribution in [0.4, 0.5) is 0 Å². The molecule has 2 aromatic heterocycles. The van der Waals surface area contributed by atoms with Crippen molar-refractivity contribution in [2.75, 3.05) is 13.1 Å². The van der Waals surface area contributed by atoms with E-state index in [4.69, 9.17) is 0 Å². The zero-order chi connectivity index (χ0) is 13.7. The van der Waals surface area contributed by atoms with Crippen molar-refractivity contribution in [2.24, 2.45) is 5.92 Å². The van der Waals surface area contributed by atoms with Crippen LogP contribution in [-0.4, -0.2) is 41.0 Å². The molecule has 4 heterocycles. The van der Waals surface area contributed by atoms with Gasteiger partial charge < -0.3 is 5.32 Å². The van der Waals surface area contributed by atoms with Gasteiger partial charge in [-0.05, 0) is 31.4 Å². The number of thiophene rings is 1. The highest BCUT2D eigenvalue weighted by Gasteiger charge is 2.42. The van der Waals surface area contributed by atoms with Crippen LogP contribution < -0.4 is 5.32 Å². The fourth-order valence-electron chi connectivity index (χ4n) is 3.48. The van der Waals surface area contributed by atoms with Crippen molar-refractivity contribution in [1.82, 2.24) is 15.2 Å². The first-order valence-corrected chi connectivity index (χ1v) is 7.92. The van der Waals surface area contributed by atoms with Gasteiger partial charge in [0.25, 0.3) is 5.91 Å². The standard InChI is InChI=1S/C15H17N3OS/c1-9-5-11-7-18(9)8-12(11)17-14(19)13-6-10-3-2-4-16-15(10)20-13/h2-4,6,9,11-12H,5,7-8H2,1H3,(H,17,19). The molecule has 0 spiro atoms. The monoisotopic (exact) mass is 287 g/mol. The maximum absolute atomic E-state index is 12.4. The summed E-state index contributed by atoms with van der Waals surface area (Å²) in [6, 6.07) is 6.85. The molecule has 0 saturated carbocycles. The largest absolute Gasteiger partial charge is 0.347 e. The van der Waals surface area contributed by atoms with Gasteiger partial charge in [-0.1, -0.05) is 6.07 Å². The second-order valence-electron chi connectivity index (χ2n) is 5.89. The number of carbonyl (C=O) groups is 1. The summed E-state index contributed by atoms with van der Waals surface area (Å²) in [6.07, 6.45) is 2.98. The topological polar surface area (TPSA) is 45.2 Å². The van der Waals surface area contributed by atoms with Gasteiger partial charge in [0.2, 0.25) is 0 Å². The summed E-state index contributed by atoms with van der Waals surface area (Å²) >= 11 is 1.47. The molecule has 1 N–H and O–H groups in total. The van der Waals surface area contributed by atoms with E-state index in [9.17, 15) is 4.79 Å². The fourth-order valence-corrected chi connectivity index (χ4v) is 4.38. The number of nitrogens with one attached hydrogen (secondary N) is 1. The normalized spacial score (nSPS) is 31.9. The van der Waals surface area contributed by atoms with Crippen molar-refractivity contribution in [3.05, 3.63) is 29.3 Å². The Hall–Kier alpha value is -1.46. The number of hydrogen-bond donors (Lipinski definition) is 1. The van der Waals surface area contributed by atoms with Crippen molar-refractivity contribution < 1.29 is 4.79 Å². The average Bonchev–Trinajstić information content (AvgIpc) is 3.10. The van der Waals surface area contributed by atoms with E-state index in [2.05, 4.69) is 22.1 Å². The number of piperidine rings is 1. The molecule has 2 aromatic rings. The summed E-state index contributed by atoms with van der Waals surface area (Å²) in [5.74, 6) is 0.681. The molecule has 2 aliphatic rings. The van der Waals surface area contributed by atoms with E-state index in [1.807, 2.05) is 18.2 Å². The third-order valence-electron chi connectivity index (χ3n) is 4.57. The lowest BCUT2D eigenvalue weighted by Crippen LogP contribution is -2.45. The predicted molar refractivity (Wildman–Crippen MR) is 80.0 cm³/mol. The molecule has 20 heavy (non-hydrogen) atoms. The number of carbonyl (C=O) groups excluding carboxylic acids is 1. The summed E-state index contributed by atoms with van der Waals surface area (Å²) in [4.78, 5) is 20.9. The summed E-state index contributed by atoms with van der Waals surface area (Å²) in [5, 5.41) is 4.26. The molecule has 4 atom stereocenters. The Balaban J connectivity index is 1.51. The van der Waals surface area contributed by atoms with Crippen LogP contribution in [0.15, 0.2) is 24.4 Å². The van der Waals surface area contributed by atoms with Gasteiger partial charge in [-0.15, -0.1) is 11.3 Å². The van der Waals surface area contributed by atoms with E-state index in [1.165, 1.54) is 17.8 Å². The third kappa shape index (κ3) is 1.93. The summed E-state index contributed by atoms with van der Waals surface area (Å²) in [5.41, 5.74) is 0. The number of rotatable bonds is 2. The summed E-state index contributed by atoms with van der Waals surface area (Å²) in [7, 11) is 0. The van der Waals surface area contributed by atoms with Crippen molar-refractivity contribution in [2.45, 2.75) is 25.4 Å². The van der Waals surface area contributed by atoms with E-state index in [1.54, 1.807) is 6.20 Å². The van der Waals surface area contributed by atoms with Gasteiger partial charge in [0.15, 0.2) is 0 Å². The van der Waals surface area contributed by atoms with E-state index < -0.39 is 0 Å². The van der Waals surface area contributed by atoms with Gasteiger partial charge in [-0.25, -0.2) is 4.98 Å². The third-order valence-corrected chi connectivity index (χ3v) is 5.63. The molecule has 2 fully saturated rings. The van der Waals surface area contributed by atoms with E-state index in [0.717, 1.165) is 28.2 Å². The number of fused-ring (bicyclic) bond motifs is 3. The Labute approximate surface area is 121 Å². The lowest BCUT2D eigenvalue weighted by Gasteiger charge is -2.27. The minimum Gasteiger partial charge on any atom is -0.347 e. The highest BCUT2D eigenvalue weighted by Crippen LogP contribution is 2.33. The predicted octanol–water partition coefficient (Wildman–Crippen LogP) is 2.12. The van der Waals surface area contributed by atoms with Gasteiger partial charge >= 0.3 is 0 Å². The van der Waals surface area contributed by atoms with Crippen molar-refractivity contribution in [1.29, 1.82) is 0 Å². The van der Waals surface area contributed by atoms with Crippen LogP contribution in [-0.2, 0) is 0 Å². The number of amides is 1. The molecule has 2 bridgehead atoms. The van der Waals surface area contributed by atoms with Gasteiger partial charge in [0.05, 0.1) is 4.88 Å². The van der Waals surface area contributed by atoms with Crippen molar-refractivity contribution in [3.63, 3.8) is 0 Å². The molecule has 2 saturated heterocycles. The van der Waals surface area contributed by atoms with Crippen LogP contribution in [0.5, 0.6) is 0 Å². The smallest absolute Gasteiger partial charge is 0.261 e.